The second-order valence-corrected chi connectivity index (χ2v) is 10.6. The maximum atomic E-state index is 12.6. The molecule has 2 heterocycles. The molecule has 8 nitrogen and oxygen atoms in total. The number of rotatable bonds is 8. The van der Waals surface area contributed by atoms with E-state index < -0.39 is 9.73 Å². The Kier molecular flexibility index (Phi) is 7.12. The number of nitrogens with one attached hydrogen (secondary N) is 3. The number of nitrogens with zero attached hydrogens (tertiary/aromatic N) is 1. The quantitative estimate of drug-likeness (QED) is 0.286. The first kappa shape index (κ1) is 25.0. The van der Waals surface area contributed by atoms with Gasteiger partial charge in [-0.15, -0.1) is 0 Å². The third-order valence-electron chi connectivity index (χ3n) is 5.86. The zero-order chi connectivity index (χ0) is 25.9. The molecular formula is C27H28N4O4S. The number of carbonyl (C=O) groups is 1. The minimum absolute atomic E-state index is 0.239. The van der Waals surface area contributed by atoms with Crippen LogP contribution < -0.4 is 14.8 Å². The number of benzene rings is 2. The van der Waals surface area contributed by atoms with Crippen molar-refractivity contribution in [2.45, 2.75) is 17.9 Å². The van der Waals surface area contributed by atoms with Gasteiger partial charge >= 0.3 is 0 Å². The van der Waals surface area contributed by atoms with Crippen molar-refractivity contribution in [3.8, 4) is 22.6 Å². The number of pyridine rings is 1. The monoisotopic (exact) mass is 504 g/mol. The fraction of sp³-hybridized carbons (Fsp3) is 0.185. The smallest absolute Gasteiger partial charge is 0.244 e. The molecular weight excluding hydrogens is 476 g/mol. The van der Waals surface area contributed by atoms with E-state index in [2.05, 4.69) is 15.3 Å². The molecule has 4 aromatic rings. The van der Waals surface area contributed by atoms with E-state index >= 15 is 0 Å². The first-order valence-electron chi connectivity index (χ1n) is 11.2. The van der Waals surface area contributed by atoms with Gasteiger partial charge in [-0.25, -0.2) is 14.0 Å². The summed E-state index contributed by atoms with van der Waals surface area (Å²) >= 11 is 0. The zero-order valence-electron chi connectivity index (χ0n) is 20.5. The van der Waals surface area contributed by atoms with E-state index in [0.29, 0.717) is 22.0 Å². The van der Waals surface area contributed by atoms with Gasteiger partial charge in [-0.2, -0.15) is 0 Å². The summed E-state index contributed by atoms with van der Waals surface area (Å²) < 4.78 is 30.6. The number of carbonyl (C=O) groups excluding carboxylic acids is 1. The van der Waals surface area contributed by atoms with Gasteiger partial charge in [0.15, 0.2) is 11.5 Å². The summed E-state index contributed by atoms with van der Waals surface area (Å²) in [5.41, 5.74) is 4.04. The molecule has 9 heteroatoms. The molecule has 0 radical (unpaired) electrons. The van der Waals surface area contributed by atoms with Crippen LogP contribution in [0.4, 0.5) is 0 Å². The molecule has 1 unspecified atom stereocenters. The normalized spacial score (nSPS) is 13.9. The first-order valence-corrected chi connectivity index (χ1v) is 13.2. The highest BCUT2D eigenvalue weighted by molar-refractivity contribution is 7.91. The first-order chi connectivity index (χ1) is 17.2. The van der Waals surface area contributed by atoms with Gasteiger partial charge in [-0.1, -0.05) is 18.2 Å². The maximum Gasteiger partial charge on any atom is 0.244 e. The van der Waals surface area contributed by atoms with Crippen LogP contribution in [0.5, 0.6) is 11.5 Å². The lowest BCUT2D eigenvalue weighted by molar-refractivity contribution is -0.117. The van der Waals surface area contributed by atoms with Crippen molar-refractivity contribution in [3.63, 3.8) is 0 Å². The topological polar surface area (TPSA) is 117 Å². The Hall–Kier alpha value is -4.11. The minimum Gasteiger partial charge on any atom is -0.493 e. The van der Waals surface area contributed by atoms with Crippen molar-refractivity contribution in [3.05, 3.63) is 78.1 Å². The molecule has 1 amide bonds. The number of hydrogen-bond acceptors (Lipinski definition) is 6. The van der Waals surface area contributed by atoms with Gasteiger partial charge < -0.3 is 19.8 Å². The van der Waals surface area contributed by atoms with Crippen LogP contribution in [0.3, 0.4) is 0 Å². The summed E-state index contributed by atoms with van der Waals surface area (Å²) in [4.78, 5) is 20.7. The number of fused-ring (bicyclic) bond motifs is 1. The molecule has 36 heavy (non-hydrogen) atoms. The van der Waals surface area contributed by atoms with Gasteiger partial charge in [0.25, 0.3) is 0 Å². The Morgan fingerprint density at radius 3 is 2.61 bits per heavy atom. The Labute approximate surface area is 210 Å². The summed E-state index contributed by atoms with van der Waals surface area (Å²) in [5.74, 6) is 0.988. The van der Waals surface area contributed by atoms with Crippen molar-refractivity contribution in [1.29, 1.82) is 4.78 Å². The van der Waals surface area contributed by atoms with Gasteiger partial charge in [-0.3, -0.25) is 4.79 Å². The molecule has 0 bridgehead atoms. The molecule has 2 aromatic heterocycles. The van der Waals surface area contributed by atoms with Crippen LogP contribution >= 0.6 is 0 Å². The van der Waals surface area contributed by atoms with Gasteiger partial charge in [0, 0.05) is 46.1 Å². The van der Waals surface area contributed by atoms with Crippen LogP contribution in [0.25, 0.3) is 28.2 Å². The lowest BCUT2D eigenvalue weighted by Gasteiger charge is -2.15. The number of methoxy groups -OCH3 is 2. The standard InChI is InChI=1S/C27H28N4O4S/c1-17(18-8-10-24(34-2)25(14-18)35-3)31-26(32)11-9-20-15-29-27-23(20)13-21(16-30-27)19-6-5-7-22(12-19)36(4,28)33/h5-17,28H,1-4H3,(H,29,30)(H,31,32)/b11-9+/t17-,36?/m1/s1. The zero-order valence-corrected chi connectivity index (χ0v) is 21.3. The van der Waals surface area contributed by atoms with Crippen LogP contribution in [-0.4, -0.2) is 40.6 Å². The van der Waals surface area contributed by atoms with Crippen LogP contribution in [0.2, 0.25) is 0 Å². The van der Waals surface area contributed by atoms with Crippen LogP contribution in [0, 0.1) is 4.78 Å². The largest absolute Gasteiger partial charge is 0.493 e. The number of H-pyrrole nitrogens is 1. The van der Waals surface area contributed by atoms with Gasteiger partial charge in [0.2, 0.25) is 5.91 Å². The number of aromatic amines is 1. The van der Waals surface area contributed by atoms with Gasteiger partial charge in [-0.05, 0) is 54.5 Å². The molecule has 2 aromatic carbocycles. The predicted molar refractivity (Wildman–Crippen MR) is 142 cm³/mol. The molecule has 186 valence electrons. The van der Waals surface area contributed by atoms with Gasteiger partial charge in [0.05, 0.1) is 30.0 Å². The average Bonchev–Trinajstić information content (AvgIpc) is 3.28. The van der Waals surface area contributed by atoms with Crippen molar-refractivity contribution >= 4 is 32.7 Å². The summed E-state index contributed by atoms with van der Waals surface area (Å²) in [6.45, 7) is 1.90. The molecule has 0 fully saturated rings. The Bertz CT molecular complexity index is 1560. The van der Waals surface area contributed by atoms with E-state index in [1.54, 1.807) is 50.9 Å². The van der Waals surface area contributed by atoms with Crippen molar-refractivity contribution in [1.82, 2.24) is 15.3 Å². The molecule has 0 aliphatic heterocycles. The molecule has 0 saturated carbocycles. The lowest BCUT2D eigenvalue weighted by Crippen LogP contribution is -2.24. The Balaban J connectivity index is 1.54. The van der Waals surface area contributed by atoms with E-state index in [4.69, 9.17) is 14.3 Å². The van der Waals surface area contributed by atoms with Crippen molar-refractivity contribution in [2.24, 2.45) is 0 Å². The third kappa shape index (κ3) is 5.41. The molecule has 4 rings (SSSR count). The highest BCUT2D eigenvalue weighted by Gasteiger charge is 2.12. The molecule has 0 spiro atoms. The van der Waals surface area contributed by atoms with Crippen LogP contribution in [0.1, 0.15) is 24.1 Å². The summed E-state index contributed by atoms with van der Waals surface area (Å²) in [6.07, 6.45) is 8.14. The Morgan fingerprint density at radius 1 is 1.11 bits per heavy atom. The lowest BCUT2D eigenvalue weighted by atomic mass is 10.1. The summed E-state index contributed by atoms with van der Waals surface area (Å²) in [5, 5.41) is 3.81. The summed E-state index contributed by atoms with van der Waals surface area (Å²) in [7, 11) is 0.326. The Morgan fingerprint density at radius 2 is 1.89 bits per heavy atom. The van der Waals surface area contributed by atoms with Crippen molar-refractivity contribution < 1.29 is 18.5 Å². The molecule has 0 saturated heterocycles. The number of ether oxygens (including phenoxy) is 2. The van der Waals surface area contributed by atoms with E-state index in [1.165, 1.54) is 12.3 Å². The molecule has 0 aliphatic carbocycles. The fourth-order valence-electron chi connectivity index (χ4n) is 3.87. The molecule has 2 atom stereocenters. The molecule has 3 N–H and O–H groups in total. The van der Waals surface area contributed by atoms with Crippen LogP contribution in [-0.2, 0) is 14.5 Å². The molecule has 0 aliphatic rings. The average molecular weight is 505 g/mol. The second-order valence-electron chi connectivity index (χ2n) is 8.41. The number of hydrogen-bond donors (Lipinski definition) is 3. The maximum absolute atomic E-state index is 12.6. The van der Waals surface area contributed by atoms with E-state index in [9.17, 15) is 9.00 Å². The van der Waals surface area contributed by atoms with E-state index in [-0.39, 0.29) is 11.9 Å². The van der Waals surface area contributed by atoms with E-state index in [0.717, 1.165) is 27.6 Å². The van der Waals surface area contributed by atoms with Gasteiger partial charge in [0.1, 0.15) is 5.65 Å². The second kappa shape index (κ2) is 10.2. The summed E-state index contributed by atoms with van der Waals surface area (Å²) in [6, 6.07) is 14.4. The van der Waals surface area contributed by atoms with Crippen molar-refractivity contribution in [2.75, 3.05) is 20.5 Å². The highest BCUT2D eigenvalue weighted by atomic mass is 32.2. The third-order valence-corrected chi connectivity index (χ3v) is 7.01. The SMILES string of the molecule is COc1ccc([C@@H](C)NC(=O)/C=C/c2c[nH]c3ncc(-c4cccc(S(C)(=N)=O)c4)cc23)cc1OC. The fourth-order valence-corrected chi connectivity index (χ4v) is 4.56. The highest BCUT2D eigenvalue weighted by Crippen LogP contribution is 2.30. The number of aromatic nitrogens is 2. The van der Waals surface area contributed by atoms with E-state index in [1.807, 2.05) is 37.3 Å². The predicted octanol–water partition coefficient (Wildman–Crippen LogP) is 5.17. The number of amides is 1. The minimum atomic E-state index is -2.82. The van der Waals surface area contributed by atoms with Crippen LogP contribution in [0.15, 0.2) is 71.9 Å².